The lowest BCUT2D eigenvalue weighted by atomic mass is 9.96. The zero-order valence-electron chi connectivity index (χ0n) is 5.52. The second-order valence-corrected chi connectivity index (χ2v) is 2.43. The molecule has 2 heteroatoms. The van der Waals surface area contributed by atoms with Crippen LogP contribution in [0.15, 0.2) is 0 Å². The number of hydrogen-bond acceptors (Lipinski definition) is 1. The lowest BCUT2D eigenvalue weighted by Gasteiger charge is -2.18. The van der Waals surface area contributed by atoms with Gasteiger partial charge in [-0.3, -0.25) is 4.79 Å². The summed E-state index contributed by atoms with van der Waals surface area (Å²) >= 11 is 0. The van der Waals surface area contributed by atoms with Crippen molar-refractivity contribution in [3.63, 3.8) is 0 Å². The average molecular weight is 126 g/mol. The zero-order valence-corrected chi connectivity index (χ0v) is 5.52. The van der Waals surface area contributed by atoms with E-state index in [1.165, 1.54) is 25.3 Å². The predicted octanol–water partition coefficient (Wildman–Crippen LogP) is 1.23. The van der Waals surface area contributed by atoms with Crippen molar-refractivity contribution >= 4 is 6.41 Å². The Kier molecular flexibility index (Phi) is 2.55. The third kappa shape index (κ3) is 2.04. The first-order chi connectivity index (χ1) is 4.43. The Bertz CT molecular complexity index is 86.9. The topological polar surface area (TPSA) is 29.1 Å². The van der Waals surface area contributed by atoms with Crippen LogP contribution in [0.5, 0.6) is 0 Å². The van der Waals surface area contributed by atoms with Crippen LogP contribution in [0.25, 0.3) is 0 Å². The molecule has 0 aliphatic heterocycles. The second kappa shape index (κ2) is 3.49. The van der Waals surface area contributed by atoms with Gasteiger partial charge in [-0.05, 0) is 12.8 Å². The minimum atomic E-state index is 0.778. The average Bonchev–Trinajstić information content (AvgIpc) is 1.91. The fourth-order valence-corrected chi connectivity index (χ4v) is 1.21. The molecule has 0 aromatic carbocycles. The molecule has 1 aliphatic carbocycles. The van der Waals surface area contributed by atoms with Gasteiger partial charge in [0.2, 0.25) is 6.41 Å². The maximum Gasteiger partial charge on any atom is 0.207 e. The van der Waals surface area contributed by atoms with Crippen molar-refractivity contribution in [2.24, 2.45) is 0 Å². The van der Waals surface area contributed by atoms with E-state index >= 15 is 0 Å². The minimum Gasteiger partial charge on any atom is -0.351 e. The maximum absolute atomic E-state index is 9.94. The van der Waals surface area contributed by atoms with Gasteiger partial charge in [-0.1, -0.05) is 19.3 Å². The molecule has 0 spiro atoms. The Morgan fingerprint density at radius 2 is 1.89 bits per heavy atom. The summed E-state index contributed by atoms with van der Waals surface area (Å²) < 4.78 is 0. The predicted molar refractivity (Wildman–Crippen MR) is 35.5 cm³/mol. The fourth-order valence-electron chi connectivity index (χ4n) is 1.21. The summed E-state index contributed by atoms with van der Waals surface area (Å²) in [5, 5.41) is 2.72. The molecule has 0 atom stereocenters. The SMILES string of the molecule is O=CN[C]1CCCCC1. The van der Waals surface area contributed by atoms with Gasteiger partial charge in [-0.2, -0.15) is 0 Å². The van der Waals surface area contributed by atoms with Gasteiger partial charge < -0.3 is 5.32 Å². The summed E-state index contributed by atoms with van der Waals surface area (Å²) in [5.74, 6) is 0. The van der Waals surface area contributed by atoms with Gasteiger partial charge in [-0.15, -0.1) is 0 Å². The standard InChI is InChI=1S/C7H12NO/c9-6-8-7-4-2-1-3-5-7/h6H,1-5H2,(H,8,9). The molecular formula is C7H12NO. The van der Waals surface area contributed by atoms with Crippen LogP contribution in [-0.4, -0.2) is 6.41 Å². The maximum atomic E-state index is 9.94. The van der Waals surface area contributed by atoms with Gasteiger partial charge in [0.15, 0.2) is 0 Å². The highest BCUT2D eigenvalue weighted by Crippen LogP contribution is 2.22. The second-order valence-electron chi connectivity index (χ2n) is 2.43. The molecule has 0 unspecified atom stereocenters. The van der Waals surface area contributed by atoms with Gasteiger partial charge in [0.1, 0.15) is 0 Å². The van der Waals surface area contributed by atoms with E-state index < -0.39 is 0 Å². The van der Waals surface area contributed by atoms with Gasteiger partial charge in [0, 0.05) is 0 Å². The first kappa shape index (κ1) is 6.59. The van der Waals surface area contributed by atoms with Crippen LogP contribution in [0.1, 0.15) is 32.1 Å². The number of rotatable bonds is 2. The smallest absolute Gasteiger partial charge is 0.207 e. The van der Waals surface area contributed by atoms with Crippen molar-refractivity contribution in [2.75, 3.05) is 0 Å². The monoisotopic (exact) mass is 126 g/mol. The van der Waals surface area contributed by atoms with Crippen molar-refractivity contribution in [3.8, 4) is 0 Å². The van der Waals surface area contributed by atoms with Crippen LogP contribution in [-0.2, 0) is 4.79 Å². The fraction of sp³-hybridized carbons (Fsp3) is 0.714. The lowest BCUT2D eigenvalue weighted by molar-refractivity contribution is -0.109. The molecule has 1 aliphatic rings. The molecule has 1 N–H and O–H groups in total. The third-order valence-electron chi connectivity index (χ3n) is 1.72. The normalized spacial score (nSPS) is 21.3. The Morgan fingerprint density at radius 1 is 1.22 bits per heavy atom. The van der Waals surface area contributed by atoms with Crippen molar-refractivity contribution in [1.82, 2.24) is 5.32 Å². The quantitative estimate of drug-likeness (QED) is 0.554. The number of nitrogens with one attached hydrogen (secondary N) is 1. The van der Waals surface area contributed by atoms with E-state index in [9.17, 15) is 4.79 Å². The van der Waals surface area contributed by atoms with Crippen LogP contribution in [0.2, 0.25) is 0 Å². The zero-order chi connectivity index (χ0) is 6.53. The molecule has 0 aromatic rings. The Morgan fingerprint density at radius 3 is 2.44 bits per heavy atom. The molecule has 1 radical (unpaired) electrons. The van der Waals surface area contributed by atoms with E-state index in [1.807, 2.05) is 0 Å². The summed E-state index contributed by atoms with van der Waals surface area (Å²) in [6.07, 6.45) is 6.79. The molecule has 9 heavy (non-hydrogen) atoms. The van der Waals surface area contributed by atoms with Crippen molar-refractivity contribution in [3.05, 3.63) is 6.04 Å². The number of hydrogen-bond donors (Lipinski definition) is 1. The van der Waals surface area contributed by atoms with Crippen molar-refractivity contribution < 1.29 is 4.79 Å². The number of carbonyl (C=O) groups is 1. The lowest BCUT2D eigenvalue weighted by Crippen LogP contribution is -2.21. The molecule has 0 saturated heterocycles. The minimum absolute atomic E-state index is 0.778. The van der Waals surface area contributed by atoms with E-state index in [2.05, 4.69) is 5.32 Å². The molecular weight excluding hydrogens is 114 g/mol. The molecule has 1 rings (SSSR count). The highest BCUT2D eigenvalue weighted by atomic mass is 16.1. The molecule has 0 aromatic heterocycles. The summed E-state index contributed by atoms with van der Waals surface area (Å²) in [6, 6.07) is 1.22. The summed E-state index contributed by atoms with van der Waals surface area (Å²) in [6.45, 7) is 0. The van der Waals surface area contributed by atoms with Gasteiger partial charge in [0.25, 0.3) is 0 Å². The van der Waals surface area contributed by atoms with Crippen molar-refractivity contribution in [1.29, 1.82) is 0 Å². The molecule has 1 saturated carbocycles. The van der Waals surface area contributed by atoms with Crippen LogP contribution < -0.4 is 5.32 Å². The molecule has 51 valence electrons. The number of carbonyl (C=O) groups excluding carboxylic acids is 1. The van der Waals surface area contributed by atoms with Gasteiger partial charge >= 0.3 is 0 Å². The summed E-state index contributed by atoms with van der Waals surface area (Å²) in [5.41, 5.74) is 0. The largest absolute Gasteiger partial charge is 0.351 e. The first-order valence-corrected chi connectivity index (χ1v) is 3.48. The molecule has 2 nitrogen and oxygen atoms in total. The Labute approximate surface area is 55.6 Å². The van der Waals surface area contributed by atoms with E-state index in [-0.39, 0.29) is 0 Å². The van der Waals surface area contributed by atoms with Gasteiger partial charge in [-0.25, -0.2) is 0 Å². The van der Waals surface area contributed by atoms with Crippen molar-refractivity contribution in [2.45, 2.75) is 32.1 Å². The summed E-state index contributed by atoms with van der Waals surface area (Å²) in [7, 11) is 0. The Balaban J connectivity index is 2.15. The number of amides is 1. The Hall–Kier alpha value is -0.530. The van der Waals surface area contributed by atoms with Crippen LogP contribution in [0.3, 0.4) is 0 Å². The van der Waals surface area contributed by atoms with Crippen LogP contribution in [0.4, 0.5) is 0 Å². The molecule has 1 amide bonds. The molecule has 0 heterocycles. The first-order valence-electron chi connectivity index (χ1n) is 3.48. The highest BCUT2D eigenvalue weighted by molar-refractivity contribution is 5.48. The highest BCUT2D eigenvalue weighted by Gasteiger charge is 2.11. The molecule has 1 fully saturated rings. The van der Waals surface area contributed by atoms with Crippen LogP contribution in [0, 0.1) is 6.04 Å². The molecule has 0 bridgehead atoms. The van der Waals surface area contributed by atoms with Crippen LogP contribution >= 0.6 is 0 Å². The van der Waals surface area contributed by atoms with E-state index in [0.29, 0.717) is 0 Å². The van der Waals surface area contributed by atoms with E-state index in [0.717, 1.165) is 19.3 Å². The van der Waals surface area contributed by atoms with Gasteiger partial charge in [0.05, 0.1) is 6.04 Å². The third-order valence-corrected chi connectivity index (χ3v) is 1.72. The van der Waals surface area contributed by atoms with E-state index in [4.69, 9.17) is 0 Å². The summed E-state index contributed by atoms with van der Waals surface area (Å²) in [4.78, 5) is 9.94. The van der Waals surface area contributed by atoms with E-state index in [1.54, 1.807) is 0 Å².